The van der Waals surface area contributed by atoms with Gasteiger partial charge in [0.25, 0.3) is 0 Å². The summed E-state index contributed by atoms with van der Waals surface area (Å²) in [5.41, 5.74) is 4.58. The van der Waals surface area contributed by atoms with Crippen molar-refractivity contribution in [3.05, 3.63) is 34.9 Å². The fourth-order valence-electron chi connectivity index (χ4n) is 3.13. The van der Waals surface area contributed by atoms with E-state index in [1.165, 1.54) is 11.1 Å². The fraction of sp³-hybridized carbons (Fsp3) is 0.684. The summed E-state index contributed by atoms with van der Waals surface area (Å²) < 4.78 is 12.4. The first-order valence-corrected chi connectivity index (χ1v) is 11.1. The van der Waals surface area contributed by atoms with Gasteiger partial charge in [-0.1, -0.05) is 45.9 Å². The van der Waals surface area contributed by atoms with Gasteiger partial charge in [0.15, 0.2) is 0 Å². The van der Waals surface area contributed by atoms with Crippen molar-refractivity contribution in [3.8, 4) is 0 Å². The lowest BCUT2D eigenvalue weighted by Crippen LogP contribution is -2.35. The molecule has 1 aromatic rings. The van der Waals surface area contributed by atoms with Gasteiger partial charge in [-0.3, -0.25) is 4.90 Å². The van der Waals surface area contributed by atoms with Crippen LogP contribution in [-0.4, -0.2) is 36.5 Å². The largest absolute Gasteiger partial charge is 0.324 e. The van der Waals surface area contributed by atoms with Crippen LogP contribution in [-0.2, 0) is 17.5 Å². The van der Waals surface area contributed by atoms with Crippen LogP contribution in [0.4, 0.5) is 0 Å². The lowest BCUT2D eigenvalue weighted by molar-refractivity contribution is 0.241. The van der Waals surface area contributed by atoms with Gasteiger partial charge in [0.05, 0.1) is 7.14 Å². The highest BCUT2D eigenvalue weighted by molar-refractivity contribution is 7.63. The van der Waals surface area contributed by atoms with Crippen molar-refractivity contribution >= 4 is 7.14 Å². The van der Waals surface area contributed by atoms with Gasteiger partial charge in [-0.15, -0.1) is 0 Å². The van der Waals surface area contributed by atoms with Gasteiger partial charge in [0.1, 0.15) is 0 Å². The van der Waals surface area contributed by atoms with Crippen molar-refractivity contribution in [2.24, 2.45) is 0 Å². The number of rotatable bonds is 5. The quantitative estimate of drug-likeness (QED) is 0.714. The number of hydrogen-bond donors (Lipinski definition) is 0. The topological polar surface area (TPSA) is 20.3 Å². The molecule has 2 rings (SSSR count). The summed E-state index contributed by atoms with van der Waals surface area (Å²) in [4.78, 5) is 2.53. The smallest absolute Gasteiger partial charge is 0.0872 e. The van der Waals surface area contributed by atoms with Crippen LogP contribution < -0.4 is 0 Å². The zero-order chi connectivity index (χ0) is 16.5. The van der Waals surface area contributed by atoms with Gasteiger partial charge in [-0.05, 0) is 55.3 Å². The maximum Gasteiger partial charge on any atom is 0.0872 e. The van der Waals surface area contributed by atoms with Crippen molar-refractivity contribution in [1.29, 1.82) is 0 Å². The third-order valence-electron chi connectivity index (χ3n) is 5.50. The van der Waals surface area contributed by atoms with Crippen molar-refractivity contribution < 1.29 is 4.57 Å². The second-order valence-electron chi connectivity index (χ2n) is 8.08. The van der Waals surface area contributed by atoms with Crippen LogP contribution in [0.3, 0.4) is 0 Å². The maximum atomic E-state index is 12.4. The van der Waals surface area contributed by atoms with Crippen molar-refractivity contribution in [3.63, 3.8) is 0 Å². The predicted octanol–water partition coefficient (Wildman–Crippen LogP) is 4.96. The Labute approximate surface area is 136 Å². The van der Waals surface area contributed by atoms with Crippen LogP contribution in [0.25, 0.3) is 0 Å². The number of nitrogens with zero attached hydrogens (tertiary/aromatic N) is 1. The Kier molecular flexibility index (Phi) is 5.24. The molecule has 0 amide bonds. The van der Waals surface area contributed by atoms with E-state index in [2.05, 4.69) is 50.8 Å². The fourth-order valence-corrected chi connectivity index (χ4v) is 3.77. The summed E-state index contributed by atoms with van der Waals surface area (Å²) in [5, 5.41) is -0.0624. The zero-order valence-corrected chi connectivity index (χ0v) is 16.0. The highest BCUT2D eigenvalue weighted by Crippen LogP contribution is 2.53. The van der Waals surface area contributed by atoms with E-state index in [-0.39, 0.29) is 5.16 Å². The Morgan fingerprint density at radius 3 is 2.55 bits per heavy atom. The normalized spacial score (nSPS) is 16.9. The summed E-state index contributed by atoms with van der Waals surface area (Å²) in [6.07, 6.45) is 2.16. The second-order valence-corrected chi connectivity index (χ2v) is 12.0. The Morgan fingerprint density at radius 2 is 1.95 bits per heavy atom. The molecular weight excluding hydrogens is 289 g/mol. The SMILES string of the molecule is CC(C)c1cccc2c1CCN(CCC(C)(C)P(C)(C)=O)C2. The summed E-state index contributed by atoms with van der Waals surface area (Å²) in [7, 11) is -2.05. The molecule has 0 bridgehead atoms. The summed E-state index contributed by atoms with van der Waals surface area (Å²) in [6, 6.07) is 6.77. The molecule has 1 aliphatic heterocycles. The van der Waals surface area contributed by atoms with Gasteiger partial charge in [-0.2, -0.15) is 0 Å². The molecule has 0 aliphatic carbocycles. The predicted molar refractivity (Wildman–Crippen MR) is 97.7 cm³/mol. The molecule has 0 atom stereocenters. The first kappa shape index (κ1) is 17.8. The minimum Gasteiger partial charge on any atom is -0.324 e. The molecule has 0 radical (unpaired) electrons. The molecule has 1 aliphatic rings. The van der Waals surface area contributed by atoms with E-state index in [1.54, 1.807) is 5.56 Å². The van der Waals surface area contributed by atoms with Gasteiger partial charge < -0.3 is 4.57 Å². The molecule has 124 valence electrons. The first-order valence-electron chi connectivity index (χ1n) is 8.50. The molecule has 22 heavy (non-hydrogen) atoms. The molecule has 0 spiro atoms. The minimum atomic E-state index is -2.05. The molecule has 0 saturated carbocycles. The molecular formula is C19H32NOP. The average Bonchev–Trinajstić information content (AvgIpc) is 2.43. The Balaban J connectivity index is 2.05. The number of hydrogen-bond acceptors (Lipinski definition) is 2. The van der Waals surface area contributed by atoms with Crippen molar-refractivity contribution in [2.75, 3.05) is 26.4 Å². The molecule has 0 aromatic heterocycles. The Morgan fingerprint density at radius 1 is 1.27 bits per heavy atom. The van der Waals surface area contributed by atoms with E-state index in [0.29, 0.717) is 5.92 Å². The molecule has 2 nitrogen and oxygen atoms in total. The molecule has 0 saturated heterocycles. The highest BCUT2D eigenvalue weighted by atomic mass is 31.2. The Bertz CT molecular complexity index is 571. The monoisotopic (exact) mass is 321 g/mol. The van der Waals surface area contributed by atoms with Crippen molar-refractivity contribution in [1.82, 2.24) is 4.90 Å². The van der Waals surface area contributed by atoms with Gasteiger partial charge in [0, 0.05) is 18.2 Å². The zero-order valence-electron chi connectivity index (χ0n) is 15.1. The van der Waals surface area contributed by atoms with Crippen LogP contribution in [0, 0.1) is 0 Å². The number of benzene rings is 1. The van der Waals surface area contributed by atoms with Crippen molar-refractivity contribution in [2.45, 2.75) is 58.2 Å². The number of fused-ring (bicyclic) bond motifs is 1. The molecule has 0 unspecified atom stereocenters. The highest BCUT2D eigenvalue weighted by Gasteiger charge is 2.32. The average molecular weight is 321 g/mol. The maximum absolute atomic E-state index is 12.4. The van der Waals surface area contributed by atoms with Crippen LogP contribution in [0.15, 0.2) is 18.2 Å². The summed E-state index contributed by atoms with van der Waals surface area (Å²) in [5.74, 6) is 0.603. The summed E-state index contributed by atoms with van der Waals surface area (Å²) >= 11 is 0. The van der Waals surface area contributed by atoms with E-state index in [9.17, 15) is 4.57 Å². The van der Waals surface area contributed by atoms with Crippen LogP contribution in [0.5, 0.6) is 0 Å². The molecule has 0 N–H and O–H groups in total. The third-order valence-corrected chi connectivity index (χ3v) is 8.64. The van der Waals surface area contributed by atoms with Crippen LogP contribution in [0.1, 0.15) is 56.7 Å². The molecule has 3 heteroatoms. The van der Waals surface area contributed by atoms with Crippen LogP contribution >= 0.6 is 7.14 Å². The van der Waals surface area contributed by atoms with Crippen LogP contribution in [0.2, 0.25) is 0 Å². The first-order chi connectivity index (χ1) is 10.1. The molecule has 1 heterocycles. The lowest BCUT2D eigenvalue weighted by Gasteiger charge is -2.35. The molecule has 0 fully saturated rings. The molecule has 1 aromatic carbocycles. The van der Waals surface area contributed by atoms with Gasteiger partial charge in [0.2, 0.25) is 0 Å². The van der Waals surface area contributed by atoms with E-state index in [1.807, 2.05) is 13.3 Å². The minimum absolute atomic E-state index is 0.0624. The third kappa shape index (κ3) is 3.84. The second kappa shape index (κ2) is 6.49. The van der Waals surface area contributed by atoms with E-state index in [4.69, 9.17) is 0 Å². The van der Waals surface area contributed by atoms with E-state index >= 15 is 0 Å². The standard InChI is InChI=1S/C19H32NOP/c1-15(2)17-9-7-8-16-14-20(12-10-18(16)17)13-11-19(3,4)22(5,6)21/h7-9,15H,10-14H2,1-6H3. The van der Waals surface area contributed by atoms with Gasteiger partial charge >= 0.3 is 0 Å². The summed E-state index contributed by atoms with van der Waals surface area (Å²) in [6.45, 7) is 15.9. The van der Waals surface area contributed by atoms with E-state index in [0.717, 1.165) is 32.5 Å². The lowest BCUT2D eigenvalue weighted by atomic mass is 9.89. The van der Waals surface area contributed by atoms with Gasteiger partial charge in [-0.25, -0.2) is 0 Å². The van der Waals surface area contributed by atoms with E-state index < -0.39 is 7.14 Å². The Hall–Kier alpha value is -0.590.